The Morgan fingerprint density at radius 1 is 0.952 bits per heavy atom. The van der Waals surface area contributed by atoms with Crippen LogP contribution >= 0.6 is 15.9 Å². The van der Waals surface area contributed by atoms with Gasteiger partial charge in [0.2, 0.25) is 0 Å². The summed E-state index contributed by atoms with van der Waals surface area (Å²) in [6.07, 6.45) is 9.92. The SMILES string of the molecule is Brc1ccc2c(c1)CCC1(CNCC3(CCCCC3)O1)C2. The first-order valence-electron chi connectivity index (χ1n) is 8.37. The van der Waals surface area contributed by atoms with E-state index < -0.39 is 0 Å². The van der Waals surface area contributed by atoms with Crippen LogP contribution in [0.5, 0.6) is 0 Å². The molecule has 1 saturated carbocycles. The van der Waals surface area contributed by atoms with Crippen LogP contribution in [-0.2, 0) is 17.6 Å². The highest BCUT2D eigenvalue weighted by Gasteiger charge is 2.47. The molecule has 114 valence electrons. The van der Waals surface area contributed by atoms with Gasteiger partial charge in [0.05, 0.1) is 11.2 Å². The van der Waals surface area contributed by atoms with Crippen molar-refractivity contribution in [3.63, 3.8) is 0 Å². The van der Waals surface area contributed by atoms with Crippen LogP contribution in [0.3, 0.4) is 0 Å². The molecule has 1 unspecified atom stereocenters. The molecule has 2 spiro atoms. The second-order valence-corrected chi connectivity index (χ2v) is 8.14. The first kappa shape index (κ1) is 14.2. The molecule has 3 aliphatic rings. The van der Waals surface area contributed by atoms with Gasteiger partial charge in [-0.15, -0.1) is 0 Å². The van der Waals surface area contributed by atoms with E-state index in [0.29, 0.717) is 0 Å². The Labute approximate surface area is 135 Å². The van der Waals surface area contributed by atoms with Gasteiger partial charge in [-0.3, -0.25) is 0 Å². The summed E-state index contributed by atoms with van der Waals surface area (Å²) in [6, 6.07) is 6.74. The van der Waals surface area contributed by atoms with Gasteiger partial charge in [-0.2, -0.15) is 0 Å². The Morgan fingerprint density at radius 3 is 2.62 bits per heavy atom. The average Bonchev–Trinajstić information content (AvgIpc) is 2.48. The number of hydrogen-bond donors (Lipinski definition) is 1. The second-order valence-electron chi connectivity index (χ2n) is 7.22. The number of morpholine rings is 1. The summed E-state index contributed by atoms with van der Waals surface area (Å²) >= 11 is 3.59. The van der Waals surface area contributed by atoms with Crippen molar-refractivity contribution in [2.75, 3.05) is 13.1 Å². The van der Waals surface area contributed by atoms with Gasteiger partial charge in [-0.25, -0.2) is 0 Å². The maximum Gasteiger partial charge on any atom is 0.0857 e. The molecule has 0 bridgehead atoms. The van der Waals surface area contributed by atoms with Gasteiger partial charge in [0.25, 0.3) is 0 Å². The molecule has 2 aliphatic carbocycles. The van der Waals surface area contributed by atoms with Crippen LogP contribution in [0.2, 0.25) is 0 Å². The fraction of sp³-hybridized carbons (Fsp3) is 0.667. The van der Waals surface area contributed by atoms with Crippen molar-refractivity contribution in [2.24, 2.45) is 0 Å². The van der Waals surface area contributed by atoms with E-state index >= 15 is 0 Å². The fourth-order valence-corrected chi connectivity index (χ4v) is 4.97. The molecular weight excluding hydrogens is 326 g/mol. The van der Waals surface area contributed by atoms with Gasteiger partial charge >= 0.3 is 0 Å². The Bertz CT molecular complexity index is 533. The molecule has 0 amide bonds. The smallest absolute Gasteiger partial charge is 0.0857 e. The molecule has 0 radical (unpaired) electrons. The average molecular weight is 350 g/mol. The number of fused-ring (bicyclic) bond motifs is 1. The number of rotatable bonds is 0. The highest BCUT2D eigenvalue weighted by molar-refractivity contribution is 9.10. The zero-order chi connectivity index (χ0) is 14.3. The van der Waals surface area contributed by atoms with Gasteiger partial charge < -0.3 is 10.1 Å². The number of halogens is 1. The lowest BCUT2D eigenvalue weighted by Crippen LogP contribution is -2.62. The maximum absolute atomic E-state index is 6.86. The number of hydrogen-bond acceptors (Lipinski definition) is 2. The largest absolute Gasteiger partial charge is 0.366 e. The van der Waals surface area contributed by atoms with E-state index in [1.54, 1.807) is 0 Å². The first-order chi connectivity index (χ1) is 10.2. The molecule has 1 aromatic rings. The highest BCUT2D eigenvalue weighted by Crippen LogP contribution is 2.42. The Hall–Kier alpha value is -0.380. The van der Waals surface area contributed by atoms with Crippen LogP contribution in [0.4, 0.5) is 0 Å². The molecule has 1 heterocycles. The van der Waals surface area contributed by atoms with Crippen molar-refractivity contribution in [2.45, 2.75) is 62.6 Å². The fourth-order valence-electron chi connectivity index (χ4n) is 4.56. The summed E-state index contributed by atoms with van der Waals surface area (Å²) in [6.45, 7) is 2.08. The second kappa shape index (κ2) is 5.36. The van der Waals surface area contributed by atoms with Crippen molar-refractivity contribution in [3.05, 3.63) is 33.8 Å². The molecule has 0 aromatic heterocycles. The van der Waals surface area contributed by atoms with E-state index in [2.05, 4.69) is 39.4 Å². The number of aryl methyl sites for hydroxylation is 1. The molecule has 4 rings (SSSR count). The molecule has 21 heavy (non-hydrogen) atoms. The molecular formula is C18H24BrNO. The number of ether oxygens (including phenoxy) is 1. The lowest BCUT2D eigenvalue weighted by molar-refractivity contribution is -0.195. The first-order valence-corrected chi connectivity index (χ1v) is 9.16. The van der Waals surface area contributed by atoms with E-state index in [1.165, 1.54) is 47.7 Å². The van der Waals surface area contributed by atoms with Gasteiger partial charge in [-0.05, 0) is 48.9 Å². The zero-order valence-electron chi connectivity index (χ0n) is 12.6. The van der Waals surface area contributed by atoms with Crippen molar-refractivity contribution in [3.8, 4) is 0 Å². The van der Waals surface area contributed by atoms with Crippen LogP contribution in [-0.4, -0.2) is 24.3 Å². The predicted molar refractivity (Wildman–Crippen MR) is 88.7 cm³/mol. The van der Waals surface area contributed by atoms with Crippen molar-refractivity contribution >= 4 is 15.9 Å². The van der Waals surface area contributed by atoms with Crippen molar-refractivity contribution in [1.82, 2.24) is 5.32 Å². The van der Waals surface area contributed by atoms with E-state index in [9.17, 15) is 0 Å². The third-order valence-electron chi connectivity index (χ3n) is 5.62. The van der Waals surface area contributed by atoms with Crippen molar-refractivity contribution < 1.29 is 4.74 Å². The van der Waals surface area contributed by atoms with E-state index in [1.807, 2.05) is 0 Å². The minimum absolute atomic E-state index is 0.0381. The van der Waals surface area contributed by atoms with Crippen LogP contribution < -0.4 is 5.32 Å². The normalized spacial score (nSPS) is 31.3. The number of nitrogens with one attached hydrogen (secondary N) is 1. The van der Waals surface area contributed by atoms with E-state index in [0.717, 1.165) is 32.4 Å². The molecule has 1 aromatic carbocycles. The standard InChI is InChI=1S/C18H24BrNO/c19-16-5-4-15-11-18(9-6-14(15)10-16)13-20-12-17(21-18)7-2-1-3-8-17/h4-5,10,20H,1-3,6-9,11-13H2. The monoisotopic (exact) mass is 349 g/mol. The Morgan fingerprint density at radius 2 is 1.76 bits per heavy atom. The summed E-state index contributed by atoms with van der Waals surface area (Å²) in [7, 11) is 0. The molecule has 2 fully saturated rings. The lowest BCUT2D eigenvalue weighted by atomic mass is 9.76. The van der Waals surface area contributed by atoms with Gasteiger partial charge in [0.15, 0.2) is 0 Å². The van der Waals surface area contributed by atoms with Crippen LogP contribution in [0.15, 0.2) is 22.7 Å². The Balaban J connectivity index is 1.58. The molecule has 3 heteroatoms. The van der Waals surface area contributed by atoms with Crippen molar-refractivity contribution in [1.29, 1.82) is 0 Å². The topological polar surface area (TPSA) is 21.3 Å². The summed E-state index contributed by atoms with van der Waals surface area (Å²) in [5, 5.41) is 3.71. The van der Waals surface area contributed by atoms with Gasteiger partial charge in [0, 0.05) is 24.0 Å². The van der Waals surface area contributed by atoms with Gasteiger partial charge in [0.1, 0.15) is 0 Å². The van der Waals surface area contributed by atoms with E-state index in [4.69, 9.17) is 4.74 Å². The molecule has 2 nitrogen and oxygen atoms in total. The summed E-state index contributed by atoms with van der Waals surface area (Å²) in [5.41, 5.74) is 3.15. The predicted octanol–water partition coefficient (Wildman–Crippen LogP) is 4.00. The maximum atomic E-state index is 6.86. The van der Waals surface area contributed by atoms with Crippen LogP contribution in [0.25, 0.3) is 0 Å². The molecule has 1 atom stereocenters. The van der Waals surface area contributed by atoms with E-state index in [-0.39, 0.29) is 11.2 Å². The molecule has 1 saturated heterocycles. The zero-order valence-corrected chi connectivity index (χ0v) is 14.2. The summed E-state index contributed by atoms with van der Waals surface area (Å²) in [5.74, 6) is 0. The third kappa shape index (κ3) is 2.69. The third-order valence-corrected chi connectivity index (χ3v) is 6.12. The number of benzene rings is 1. The summed E-state index contributed by atoms with van der Waals surface area (Å²) in [4.78, 5) is 0. The summed E-state index contributed by atoms with van der Waals surface area (Å²) < 4.78 is 8.05. The minimum Gasteiger partial charge on any atom is -0.366 e. The lowest BCUT2D eigenvalue weighted by Gasteiger charge is -2.52. The highest BCUT2D eigenvalue weighted by atomic mass is 79.9. The van der Waals surface area contributed by atoms with Crippen LogP contribution in [0.1, 0.15) is 49.7 Å². The van der Waals surface area contributed by atoms with Gasteiger partial charge in [-0.1, -0.05) is 41.3 Å². The molecule has 1 aliphatic heterocycles. The quantitative estimate of drug-likeness (QED) is 0.764. The Kier molecular flexibility index (Phi) is 3.63. The minimum atomic E-state index is 0.0381. The van der Waals surface area contributed by atoms with Crippen LogP contribution in [0, 0.1) is 0 Å². The molecule has 1 N–H and O–H groups in total.